The van der Waals surface area contributed by atoms with Gasteiger partial charge in [0.2, 0.25) is 0 Å². The lowest BCUT2D eigenvalue weighted by Gasteiger charge is -2.20. The van der Waals surface area contributed by atoms with E-state index >= 15 is 0 Å². The lowest BCUT2D eigenvalue weighted by molar-refractivity contribution is 0.397. The number of ether oxygens (including phenoxy) is 1. The molecule has 0 aliphatic rings. The zero-order valence-electron chi connectivity index (χ0n) is 13.2. The summed E-state index contributed by atoms with van der Waals surface area (Å²) in [6.07, 6.45) is 2.10. The lowest BCUT2D eigenvalue weighted by Crippen LogP contribution is -2.23. The molecule has 1 atom stereocenters. The van der Waals surface area contributed by atoms with Crippen LogP contribution in [-0.2, 0) is 6.42 Å². The van der Waals surface area contributed by atoms with E-state index in [1.165, 1.54) is 16.7 Å². The average molecular weight is 283 g/mol. The molecule has 2 rings (SSSR count). The van der Waals surface area contributed by atoms with Crippen molar-refractivity contribution < 1.29 is 4.74 Å². The number of rotatable bonds is 7. The Morgan fingerprint density at radius 3 is 2.48 bits per heavy atom. The van der Waals surface area contributed by atoms with Crippen LogP contribution in [0, 0.1) is 6.92 Å². The van der Waals surface area contributed by atoms with Crippen LogP contribution in [0.4, 0.5) is 0 Å². The van der Waals surface area contributed by atoms with E-state index in [4.69, 9.17) is 4.74 Å². The van der Waals surface area contributed by atoms with Gasteiger partial charge >= 0.3 is 0 Å². The number of hydrogen-bond donors (Lipinski definition) is 1. The maximum absolute atomic E-state index is 5.47. The fraction of sp³-hybridized carbons (Fsp3) is 0.368. The highest BCUT2D eigenvalue weighted by Gasteiger charge is 2.13. The van der Waals surface area contributed by atoms with Gasteiger partial charge in [-0.05, 0) is 43.5 Å². The molecular weight excluding hydrogens is 258 g/mol. The minimum atomic E-state index is 0.338. The van der Waals surface area contributed by atoms with E-state index in [1.54, 1.807) is 7.11 Å². The van der Waals surface area contributed by atoms with E-state index < -0.39 is 0 Å². The van der Waals surface area contributed by atoms with Crippen LogP contribution < -0.4 is 10.1 Å². The Kier molecular flexibility index (Phi) is 5.82. The van der Waals surface area contributed by atoms with Crippen molar-refractivity contribution in [1.29, 1.82) is 0 Å². The first kappa shape index (κ1) is 15.6. The molecule has 2 heteroatoms. The summed E-state index contributed by atoms with van der Waals surface area (Å²) in [5.74, 6) is 0.966. The molecule has 0 amide bonds. The molecule has 0 radical (unpaired) electrons. The van der Waals surface area contributed by atoms with Crippen LogP contribution in [0.15, 0.2) is 48.5 Å². The summed E-state index contributed by atoms with van der Waals surface area (Å²) in [4.78, 5) is 0. The zero-order valence-corrected chi connectivity index (χ0v) is 13.2. The maximum atomic E-state index is 5.47. The van der Waals surface area contributed by atoms with E-state index in [-0.39, 0.29) is 0 Å². The third kappa shape index (κ3) is 4.08. The molecule has 21 heavy (non-hydrogen) atoms. The van der Waals surface area contributed by atoms with Crippen LogP contribution in [0.25, 0.3) is 0 Å². The molecule has 0 fully saturated rings. The van der Waals surface area contributed by atoms with Crippen molar-refractivity contribution in [3.05, 3.63) is 65.2 Å². The minimum Gasteiger partial charge on any atom is -0.496 e. The van der Waals surface area contributed by atoms with Gasteiger partial charge in [-0.15, -0.1) is 0 Å². The topological polar surface area (TPSA) is 21.3 Å². The van der Waals surface area contributed by atoms with E-state index in [1.807, 2.05) is 12.1 Å². The summed E-state index contributed by atoms with van der Waals surface area (Å²) < 4.78 is 5.47. The number of benzene rings is 2. The number of hydrogen-bond acceptors (Lipinski definition) is 2. The van der Waals surface area contributed by atoms with Crippen molar-refractivity contribution in [2.24, 2.45) is 0 Å². The van der Waals surface area contributed by atoms with Gasteiger partial charge in [-0.1, -0.05) is 49.4 Å². The molecule has 0 aliphatic carbocycles. The number of para-hydroxylation sites is 1. The van der Waals surface area contributed by atoms with Crippen molar-refractivity contribution in [2.45, 2.75) is 32.7 Å². The van der Waals surface area contributed by atoms with Crippen LogP contribution in [0.1, 0.15) is 36.1 Å². The summed E-state index contributed by atoms with van der Waals surface area (Å²) >= 11 is 0. The smallest absolute Gasteiger partial charge is 0.123 e. The third-order valence-corrected chi connectivity index (χ3v) is 3.97. The zero-order chi connectivity index (χ0) is 15.1. The molecule has 0 spiro atoms. The van der Waals surface area contributed by atoms with Gasteiger partial charge in [0.25, 0.3) is 0 Å². The molecule has 112 valence electrons. The highest BCUT2D eigenvalue weighted by atomic mass is 16.5. The molecule has 0 bridgehead atoms. The summed E-state index contributed by atoms with van der Waals surface area (Å²) in [7, 11) is 1.74. The Bertz CT molecular complexity index is 565. The van der Waals surface area contributed by atoms with Gasteiger partial charge in [-0.2, -0.15) is 0 Å². The van der Waals surface area contributed by atoms with Crippen LogP contribution in [-0.4, -0.2) is 13.7 Å². The lowest BCUT2D eigenvalue weighted by atomic mass is 10.0. The molecule has 0 saturated carbocycles. The molecule has 0 heterocycles. The van der Waals surface area contributed by atoms with E-state index in [2.05, 4.69) is 55.6 Å². The Hall–Kier alpha value is -1.80. The second-order valence-electron chi connectivity index (χ2n) is 5.33. The molecular formula is C19H25NO. The SMILES string of the molecule is CCC(NCCc1ccccc1C)c1ccccc1OC. The van der Waals surface area contributed by atoms with Crippen molar-refractivity contribution in [2.75, 3.05) is 13.7 Å². The van der Waals surface area contributed by atoms with Crippen molar-refractivity contribution >= 4 is 0 Å². The van der Waals surface area contributed by atoms with Gasteiger partial charge in [0.15, 0.2) is 0 Å². The fourth-order valence-electron chi connectivity index (χ4n) is 2.70. The van der Waals surface area contributed by atoms with Crippen molar-refractivity contribution in [1.82, 2.24) is 5.32 Å². The quantitative estimate of drug-likeness (QED) is 0.818. The summed E-state index contributed by atoms with van der Waals surface area (Å²) in [5.41, 5.74) is 4.02. The predicted octanol–water partition coefficient (Wildman–Crippen LogP) is 4.29. The average Bonchev–Trinajstić information content (AvgIpc) is 2.53. The standard InChI is InChI=1S/C19H25NO/c1-4-18(17-11-7-8-12-19(17)21-3)20-14-13-16-10-6-5-9-15(16)2/h5-12,18,20H,4,13-14H2,1-3H3. The second-order valence-corrected chi connectivity index (χ2v) is 5.33. The van der Waals surface area contributed by atoms with Gasteiger partial charge in [-0.25, -0.2) is 0 Å². The number of aryl methyl sites for hydroxylation is 1. The highest BCUT2D eigenvalue weighted by Crippen LogP contribution is 2.26. The molecule has 0 aromatic heterocycles. The molecule has 2 aromatic carbocycles. The monoisotopic (exact) mass is 283 g/mol. The largest absolute Gasteiger partial charge is 0.496 e. The third-order valence-electron chi connectivity index (χ3n) is 3.97. The van der Waals surface area contributed by atoms with Gasteiger partial charge in [-0.3, -0.25) is 0 Å². The van der Waals surface area contributed by atoms with Gasteiger partial charge in [0, 0.05) is 11.6 Å². The number of methoxy groups -OCH3 is 1. The first-order valence-electron chi connectivity index (χ1n) is 7.67. The van der Waals surface area contributed by atoms with Crippen LogP contribution in [0.5, 0.6) is 5.75 Å². The summed E-state index contributed by atoms with van der Waals surface area (Å²) in [6, 6.07) is 17.2. The van der Waals surface area contributed by atoms with Gasteiger partial charge in [0.05, 0.1) is 7.11 Å². The maximum Gasteiger partial charge on any atom is 0.123 e. The van der Waals surface area contributed by atoms with E-state index in [9.17, 15) is 0 Å². The summed E-state index contributed by atoms with van der Waals surface area (Å²) in [6.45, 7) is 5.35. The van der Waals surface area contributed by atoms with E-state index in [0.29, 0.717) is 6.04 Å². The first-order valence-corrected chi connectivity index (χ1v) is 7.67. The van der Waals surface area contributed by atoms with Crippen LogP contribution >= 0.6 is 0 Å². The first-order chi connectivity index (χ1) is 10.3. The van der Waals surface area contributed by atoms with Crippen molar-refractivity contribution in [3.63, 3.8) is 0 Å². The molecule has 1 N–H and O–H groups in total. The van der Waals surface area contributed by atoms with Gasteiger partial charge in [0.1, 0.15) is 5.75 Å². The molecule has 0 saturated heterocycles. The fourth-order valence-corrected chi connectivity index (χ4v) is 2.70. The molecule has 2 aromatic rings. The van der Waals surface area contributed by atoms with E-state index in [0.717, 1.165) is 25.1 Å². The Labute approximate surface area is 128 Å². The second kappa shape index (κ2) is 7.84. The molecule has 0 aliphatic heterocycles. The van der Waals surface area contributed by atoms with Crippen LogP contribution in [0.2, 0.25) is 0 Å². The molecule has 2 nitrogen and oxygen atoms in total. The number of nitrogens with one attached hydrogen (secondary N) is 1. The molecule has 1 unspecified atom stereocenters. The predicted molar refractivity (Wildman–Crippen MR) is 88.9 cm³/mol. The van der Waals surface area contributed by atoms with Gasteiger partial charge < -0.3 is 10.1 Å². The normalized spacial score (nSPS) is 12.1. The highest BCUT2D eigenvalue weighted by molar-refractivity contribution is 5.35. The Morgan fingerprint density at radius 2 is 1.76 bits per heavy atom. The Balaban J connectivity index is 1.98. The van der Waals surface area contributed by atoms with Crippen LogP contribution in [0.3, 0.4) is 0 Å². The summed E-state index contributed by atoms with van der Waals surface area (Å²) in [5, 5.41) is 3.66. The Morgan fingerprint density at radius 1 is 1.05 bits per heavy atom. The minimum absolute atomic E-state index is 0.338. The van der Waals surface area contributed by atoms with Crippen molar-refractivity contribution in [3.8, 4) is 5.75 Å².